The Labute approximate surface area is 149 Å². The van der Waals surface area contributed by atoms with Gasteiger partial charge >= 0.3 is 0 Å². The minimum Gasteiger partial charge on any atom is -0.415 e. The van der Waals surface area contributed by atoms with Gasteiger partial charge in [0.15, 0.2) is 6.04 Å². The maximum atomic E-state index is 13.8. The average Bonchev–Trinajstić information content (AvgIpc) is 3.13. The van der Waals surface area contributed by atoms with E-state index in [0.717, 1.165) is 4.90 Å². The Morgan fingerprint density at radius 2 is 1.88 bits per heavy atom. The van der Waals surface area contributed by atoms with Crippen molar-refractivity contribution in [1.29, 1.82) is 0 Å². The summed E-state index contributed by atoms with van der Waals surface area (Å²) in [6.45, 7) is 2.40. The topological polar surface area (TPSA) is 86.5 Å². The first-order valence-corrected chi connectivity index (χ1v) is 8.09. The summed E-state index contributed by atoms with van der Waals surface area (Å²) in [6.07, 6.45) is 0. The summed E-state index contributed by atoms with van der Waals surface area (Å²) in [7, 11) is 1.92. The van der Waals surface area contributed by atoms with Gasteiger partial charge in [-0.15, -0.1) is 10.2 Å². The Kier molecular flexibility index (Phi) is 5.04. The molecule has 0 aliphatic heterocycles. The van der Waals surface area contributed by atoms with Crippen LogP contribution in [-0.2, 0) is 6.54 Å². The van der Waals surface area contributed by atoms with Gasteiger partial charge in [-0.3, -0.25) is 10.1 Å². The zero-order chi connectivity index (χ0) is 18.7. The van der Waals surface area contributed by atoms with Crippen molar-refractivity contribution < 1.29 is 18.6 Å². The fraction of sp³-hybridized carbons (Fsp3) is 0.222. The zero-order valence-electron chi connectivity index (χ0n) is 14.3. The molecule has 3 aromatic rings. The van der Waals surface area contributed by atoms with Gasteiger partial charge in [-0.2, -0.15) is 0 Å². The summed E-state index contributed by atoms with van der Waals surface area (Å²) in [5, 5.41) is 18.8. The van der Waals surface area contributed by atoms with Gasteiger partial charge in [0, 0.05) is 23.3 Å². The summed E-state index contributed by atoms with van der Waals surface area (Å²) in [5.74, 6) is 0.476. The third-order valence-electron chi connectivity index (χ3n) is 4.30. The fourth-order valence-corrected chi connectivity index (χ4v) is 2.56. The van der Waals surface area contributed by atoms with Crippen molar-refractivity contribution in [2.24, 2.45) is 0 Å². The number of quaternary nitrogens is 1. The van der Waals surface area contributed by atoms with Crippen LogP contribution in [0.1, 0.15) is 24.4 Å². The predicted octanol–water partition coefficient (Wildman–Crippen LogP) is 2.56. The van der Waals surface area contributed by atoms with E-state index < -0.39 is 4.92 Å². The van der Waals surface area contributed by atoms with Gasteiger partial charge in [0.2, 0.25) is 5.89 Å². The molecule has 26 heavy (non-hydrogen) atoms. The van der Waals surface area contributed by atoms with Crippen LogP contribution >= 0.6 is 0 Å². The molecule has 3 rings (SSSR count). The summed E-state index contributed by atoms with van der Waals surface area (Å²) < 4.78 is 19.5. The largest absolute Gasteiger partial charge is 0.415 e. The molecule has 0 saturated heterocycles. The molecular weight excluding hydrogens is 339 g/mol. The van der Waals surface area contributed by atoms with E-state index in [1.54, 1.807) is 30.3 Å². The molecule has 2 aromatic carbocycles. The van der Waals surface area contributed by atoms with Crippen LogP contribution in [0.3, 0.4) is 0 Å². The summed E-state index contributed by atoms with van der Waals surface area (Å²) in [4.78, 5) is 11.2. The van der Waals surface area contributed by atoms with Crippen LogP contribution in [0, 0.1) is 15.9 Å². The number of nitrogens with one attached hydrogen (secondary N) is 1. The number of non-ortho nitro benzene ring substituents is 1. The number of benzene rings is 2. The number of rotatable bonds is 6. The smallest absolute Gasteiger partial charge is 0.274 e. The van der Waals surface area contributed by atoms with Crippen LogP contribution in [0.15, 0.2) is 52.9 Å². The highest BCUT2D eigenvalue weighted by atomic mass is 19.1. The van der Waals surface area contributed by atoms with Crippen molar-refractivity contribution >= 4 is 5.69 Å². The quantitative estimate of drug-likeness (QED) is 0.541. The van der Waals surface area contributed by atoms with Crippen LogP contribution in [0.5, 0.6) is 0 Å². The highest BCUT2D eigenvalue weighted by Gasteiger charge is 2.23. The van der Waals surface area contributed by atoms with Crippen LogP contribution in [0.4, 0.5) is 10.1 Å². The molecule has 0 radical (unpaired) electrons. The van der Waals surface area contributed by atoms with E-state index in [4.69, 9.17) is 4.42 Å². The molecule has 0 fully saturated rings. The van der Waals surface area contributed by atoms with E-state index in [1.165, 1.54) is 18.2 Å². The van der Waals surface area contributed by atoms with Crippen molar-refractivity contribution in [2.75, 3.05) is 7.05 Å². The third-order valence-corrected chi connectivity index (χ3v) is 4.30. The van der Waals surface area contributed by atoms with Crippen LogP contribution in [-0.4, -0.2) is 22.2 Å². The molecule has 0 saturated carbocycles. The maximum absolute atomic E-state index is 13.8. The number of nitro groups is 1. The Morgan fingerprint density at radius 3 is 2.54 bits per heavy atom. The first-order chi connectivity index (χ1) is 12.5. The fourth-order valence-electron chi connectivity index (χ4n) is 2.56. The molecule has 1 unspecified atom stereocenters. The minimum atomic E-state index is -0.466. The van der Waals surface area contributed by atoms with Gasteiger partial charge in [-0.25, -0.2) is 4.39 Å². The van der Waals surface area contributed by atoms with Gasteiger partial charge in [0.1, 0.15) is 12.4 Å². The lowest BCUT2D eigenvalue weighted by molar-refractivity contribution is -0.925. The average molecular weight is 357 g/mol. The molecule has 8 heteroatoms. The van der Waals surface area contributed by atoms with Gasteiger partial charge in [0.25, 0.3) is 11.6 Å². The molecule has 0 bridgehead atoms. The van der Waals surface area contributed by atoms with Crippen molar-refractivity contribution in [3.05, 3.63) is 75.9 Å². The van der Waals surface area contributed by atoms with E-state index >= 15 is 0 Å². The Balaban J connectivity index is 1.74. The van der Waals surface area contributed by atoms with Gasteiger partial charge in [-0.05, 0) is 25.1 Å². The van der Waals surface area contributed by atoms with Gasteiger partial charge < -0.3 is 9.32 Å². The summed E-state index contributed by atoms with van der Waals surface area (Å²) in [5.41, 5.74) is 1.22. The summed E-state index contributed by atoms with van der Waals surface area (Å²) in [6, 6.07) is 12.4. The Hall–Kier alpha value is -3.13. The lowest BCUT2D eigenvalue weighted by Crippen LogP contribution is -3.07. The predicted molar refractivity (Wildman–Crippen MR) is 91.8 cm³/mol. The molecule has 134 valence electrons. The van der Waals surface area contributed by atoms with Crippen molar-refractivity contribution in [3.63, 3.8) is 0 Å². The van der Waals surface area contributed by atoms with Crippen molar-refractivity contribution in [1.82, 2.24) is 10.2 Å². The van der Waals surface area contributed by atoms with Crippen LogP contribution < -0.4 is 4.90 Å². The molecule has 0 aliphatic rings. The van der Waals surface area contributed by atoms with Gasteiger partial charge in [0.05, 0.1) is 12.0 Å². The number of halogens is 1. The van der Waals surface area contributed by atoms with Crippen LogP contribution in [0.25, 0.3) is 11.5 Å². The first-order valence-electron chi connectivity index (χ1n) is 8.09. The highest BCUT2D eigenvalue weighted by Crippen LogP contribution is 2.22. The monoisotopic (exact) mass is 357 g/mol. The number of aromatic nitrogens is 2. The van der Waals surface area contributed by atoms with E-state index in [1.807, 2.05) is 14.0 Å². The van der Waals surface area contributed by atoms with Crippen molar-refractivity contribution in [2.45, 2.75) is 19.5 Å². The second-order valence-corrected chi connectivity index (χ2v) is 6.09. The minimum absolute atomic E-state index is 0.00378. The van der Waals surface area contributed by atoms with E-state index in [9.17, 15) is 14.5 Å². The van der Waals surface area contributed by atoms with Crippen LogP contribution in [0.2, 0.25) is 0 Å². The molecule has 1 heterocycles. The van der Waals surface area contributed by atoms with Gasteiger partial charge in [-0.1, -0.05) is 18.2 Å². The van der Waals surface area contributed by atoms with E-state index in [2.05, 4.69) is 10.2 Å². The molecule has 0 spiro atoms. The molecule has 1 N–H and O–H groups in total. The number of nitro benzene ring substituents is 1. The number of hydrogen-bond donors (Lipinski definition) is 1. The molecule has 2 atom stereocenters. The lowest BCUT2D eigenvalue weighted by Gasteiger charge is -2.19. The third kappa shape index (κ3) is 3.75. The second-order valence-electron chi connectivity index (χ2n) is 6.09. The standard InChI is InChI=1S/C18H17FN4O3/c1-12(22(2)11-14-5-3-4-6-16(14)19)17-20-21-18(26-17)13-7-9-15(10-8-13)23(24)25/h3-10,12H,11H2,1-2H3/p+1/t12-/m0/s1. The number of nitrogens with zero attached hydrogens (tertiary/aromatic N) is 3. The zero-order valence-corrected chi connectivity index (χ0v) is 14.3. The molecule has 0 aliphatic carbocycles. The van der Waals surface area contributed by atoms with E-state index in [0.29, 0.717) is 29.5 Å². The Morgan fingerprint density at radius 1 is 1.19 bits per heavy atom. The van der Waals surface area contributed by atoms with E-state index in [-0.39, 0.29) is 17.5 Å². The molecule has 7 nitrogen and oxygen atoms in total. The number of hydrogen-bond acceptors (Lipinski definition) is 5. The van der Waals surface area contributed by atoms with Crippen molar-refractivity contribution in [3.8, 4) is 11.5 Å². The highest BCUT2D eigenvalue weighted by molar-refractivity contribution is 5.55. The lowest BCUT2D eigenvalue weighted by atomic mass is 10.2. The molecule has 0 amide bonds. The summed E-state index contributed by atoms with van der Waals surface area (Å²) >= 11 is 0. The second kappa shape index (κ2) is 7.40. The first kappa shape index (κ1) is 17.7. The SMILES string of the molecule is C[C@@H](c1nnc(-c2ccc([N+](=O)[O-])cc2)o1)[NH+](C)Cc1ccccc1F. The molecular formula is C18H18FN4O3+. The normalized spacial score (nSPS) is 13.3. The maximum Gasteiger partial charge on any atom is 0.274 e. The Bertz CT molecular complexity index is 911. The molecule has 1 aromatic heterocycles.